The molecule has 0 saturated carbocycles. The van der Waals surface area contributed by atoms with Crippen LogP contribution in [0, 0.1) is 6.92 Å². The molecule has 0 atom stereocenters. The first-order valence-corrected chi connectivity index (χ1v) is 8.58. The van der Waals surface area contributed by atoms with Gasteiger partial charge in [0.05, 0.1) is 16.1 Å². The van der Waals surface area contributed by atoms with Crippen molar-refractivity contribution in [3.05, 3.63) is 58.4 Å². The number of fused-ring (bicyclic) bond motifs is 1. The molecule has 0 N–H and O–H groups in total. The second kappa shape index (κ2) is 6.93. The van der Waals surface area contributed by atoms with Crippen molar-refractivity contribution >= 4 is 39.6 Å². The van der Waals surface area contributed by atoms with Crippen molar-refractivity contribution < 1.29 is 9.59 Å². The minimum Gasteiger partial charge on any atom is -0.315 e. The van der Waals surface area contributed by atoms with Crippen LogP contribution in [0.2, 0.25) is 0 Å². The number of carbonyl (C=O) groups is 2. The second-order valence-electron chi connectivity index (χ2n) is 5.63. The summed E-state index contributed by atoms with van der Waals surface area (Å²) in [5, 5.41) is 0.927. The van der Waals surface area contributed by atoms with Crippen molar-refractivity contribution in [2.75, 3.05) is 11.9 Å². The molecule has 0 spiro atoms. The Morgan fingerprint density at radius 1 is 1.08 bits per heavy atom. The van der Waals surface area contributed by atoms with Gasteiger partial charge in [-0.05, 0) is 43.3 Å². The summed E-state index contributed by atoms with van der Waals surface area (Å²) < 4.78 is 0. The summed E-state index contributed by atoms with van der Waals surface area (Å²) in [5.41, 5.74) is 1.66. The molecule has 0 aliphatic carbocycles. The van der Waals surface area contributed by atoms with Gasteiger partial charge < -0.3 is 4.90 Å². The lowest BCUT2D eigenvalue weighted by molar-refractivity contribution is -0.118. The highest BCUT2D eigenvalue weighted by atomic mass is 32.1. The zero-order chi connectivity index (χ0) is 17.1. The molecular weight excluding hydrogens is 320 g/mol. The fourth-order valence-electron chi connectivity index (χ4n) is 2.61. The summed E-state index contributed by atoms with van der Waals surface area (Å²) in [5.74, 6) is -0.0533. The zero-order valence-corrected chi connectivity index (χ0v) is 14.5. The summed E-state index contributed by atoms with van der Waals surface area (Å²) in [6.07, 6.45) is 2.16. The number of carbonyl (C=O) groups excluding carboxylic acids is 2. The van der Waals surface area contributed by atoms with Crippen LogP contribution in [-0.4, -0.2) is 23.7 Å². The van der Waals surface area contributed by atoms with Crippen LogP contribution in [-0.2, 0) is 4.79 Å². The molecule has 1 amide bonds. The highest BCUT2D eigenvalue weighted by molar-refractivity contribution is 7.14. The minimum atomic E-state index is -0.0759. The highest BCUT2D eigenvalue weighted by Gasteiger charge is 2.16. The van der Waals surface area contributed by atoms with Crippen LogP contribution in [0.1, 0.15) is 27.4 Å². The van der Waals surface area contributed by atoms with Crippen LogP contribution < -0.4 is 4.90 Å². The van der Waals surface area contributed by atoms with Gasteiger partial charge in [-0.15, -0.1) is 11.3 Å². The van der Waals surface area contributed by atoms with Gasteiger partial charge in [-0.3, -0.25) is 14.6 Å². The molecule has 0 aliphatic heterocycles. The molecule has 3 rings (SSSR count). The van der Waals surface area contributed by atoms with E-state index in [1.54, 1.807) is 18.1 Å². The number of benzene rings is 1. The standard InChI is InChI=1S/C19H18N2O2S/c1-13-8-10-18(24-13)17(22)9-11-19(23)21(2)16-7-3-6-15-14(16)5-4-12-20-15/h3-8,10,12H,9,11H2,1-2H3. The Hall–Kier alpha value is -2.53. The van der Waals surface area contributed by atoms with Crippen molar-refractivity contribution in [2.45, 2.75) is 19.8 Å². The smallest absolute Gasteiger partial charge is 0.227 e. The van der Waals surface area contributed by atoms with E-state index in [4.69, 9.17) is 0 Å². The number of aryl methyl sites for hydroxylation is 1. The Kier molecular flexibility index (Phi) is 4.71. The van der Waals surface area contributed by atoms with E-state index in [-0.39, 0.29) is 24.5 Å². The number of ketones is 1. The summed E-state index contributed by atoms with van der Waals surface area (Å²) in [4.78, 5) is 32.4. The van der Waals surface area contributed by atoms with Gasteiger partial charge in [-0.25, -0.2) is 0 Å². The SMILES string of the molecule is Cc1ccc(C(=O)CCC(=O)N(C)c2cccc3ncccc23)s1. The second-order valence-corrected chi connectivity index (χ2v) is 6.92. The molecule has 0 unspecified atom stereocenters. The van der Waals surface area contributed by atoms with Crippen LogP contribution in [0.3, 0.4) is 0 Å². The molecule has 1 aromatic carbocycles. The number of aromatic nitrogens is 1. The quantitative estimate of drug-likeness (QED) is 0.654. The average molecular weight is 338 g/mol. The van der Waals surface area contributed by atoms with Crippen molar-refractivity contribution in [1.29, 1.82) is 0 Å². The number of hydrogen-bond donors (Lipinski definition) is 0. The van der Waals surface area contributed by atoms with Gasteiger partial charge in [-0.1, -0.05) is 6.07 Å². The van der Waals surface area contributed by atoms with Crippen molar-refractivity contribution in [1.82, 2.24) is 4.98 Å². The van der Waals surface area contributed by atoms with E-state index in [1.807, 2.05) is 49.4 Å². The number of anilines is 1. The summed E-state index contributed by atoms with van der Waals surface area (Å²) in [6, 6.07) is 13.2. The van der Waals surface area contributed by atoms with Crippen LogP contribution in [0.5, 0.6) is 0 Å². The molecule has 3 aromatic rings. The summed E-state index contributed by atoms with van der Waals surface area (Å²) >= 11 is 1.47. The third-order valence-electron chi connectivity index (χ3n) is 3.94. The predicted molar refractivity (Wildman–Crippen MR) is 97.8 cm³/mol. The van der Waals surface area contributed by atoms with Crippen molar-refractivity contribution in [3.8, 4) is 0 Å². The first-order chi connectivity index (χ1) is 11.6. The highest BCUT2D eigenvalue weighted by Crippen LogP contribution is 2.25. The molecule has 4 nitrogen and oxygen atoms in total. The fourth-order valence-corrected chi connectivity index (χ4v) is 3.44. The number of thiophene rings is 1. The lowest BCUT2D eigenvalue weighted by Gasteiger charge is -2.19. The van der Waals surface area contributed by atoms with Gasteiger partial charge in [0.2, 0.25) is 5.91 Å². The van der Waals surface area contributed by atoms with Crippen LogP contribution >= 0.6 is 11.3 Å². The number of Topliss-reactive ketones (excluding diaryl/α,β-unsaturated/α-hetero) is 1. The summed E-state index contributed by atoms with van der Waals surface area (Å²) in [7, 11) is 1.74. The first-order valence-electron chi connectivity index (χ1n) is 7.76. The first kappa shape index (κ1) is 16.3. The van der Waals surface area contributed by atoms with E-state index < -0.39 is 0 Å². The Labute approximate surface area is 144 Å². The molecule has 0 bridgehead atoms. The van der Waals surface area contributed by atoms with Gasteiger partial charge in [0.15, 0.2) is 5.78 Å². The molecule has 122 valence electrons. The third-order valence-corrected chi connectivity index (χ3v) is 4.98. The molecular formula is C19H18N2O2S. The molecule has 0 aliphatic rings. The monoisotopic (exact) mass is 338 g/mol. The van der Waals surface area contributed by atoms with Crippen molar-refractivity contribution in [3.63, 3.8) is 0 Å². The lowest BCUT2D eigenvalue weighted by atomic mass is 10.1. The maximum Gasteiger partial charge on any atom is 0.227 e. The lowest BCUT2D eigenvalue weighted by Crippen LogP contribution is -2.26. The minimum absolute atomic E-state index is 0.0226. The van der Waals surface area contributed by atoms with Crippen LogP contribution in [0.4, 0.5) is 5.69 Å². The Morgan fingerprint density at radius 3 is 2.67 bits per heavy atom. The number of rotatable bonds is 5. The Bertz CT molecular complexity index is 896. The van der Waals surface area contributed by atoms with Crippen molar-refractivity contribution in [2.24, 2.45) is 0 Å². The molecule has 2 heterocycles. The van der Waals surface area contributed by atoms with E-state index >= 15 is 0 Å². The summed E-state index contributed by atoms with van der Waals surface area (Å²) in [6.45, 7) is 1.97. The van der Waals surface area contributed by atoms with Gasteiger partial charge >= 0.3 is 0 Å². The van der Waals surface area contributed by atoms with E-state index in [1.165, 1.54) is 11.3 Å². The number of nitrogens with zero attached hydrogens (tertiary/aromatic N) is 2. The zero-order valence-electron chi connectivity index (χ0n) is 13.7. The van der Waals surface area contributed by atoms with E-state index in [0.29, 0.717) is 0 Å². The van der Waals surface area contributed by atoms with Crippen LogP contribution in [0.25, 0.3) is 10.9 Å². The van der Waals surface area contributed by atoms with E-state index in [9.17, 15) is 9.59 Å². The maximum atomic E-state index is 12.5. The van der Waals surface area contributed by atoms with Crippen LogP contribution in [0.15, 0.2) is 48.7 Å². The Balaban J connectivity index is 1.71. The topological polar surface area (TPSA) is 50.3 Å². The van der Waals surface area contributed by atoms with Gasteiger partial charge in [-0.2, -0.15) is 0 Å². The molecule has 2 aromatic heterocycles. The molecule has 5 heteroatoms. The number of hydrogen-bond acceptors (Lipinski definition) is 4. The maximum absolute atomic E-state index is 12.5. The molecule has 24 heavy (non-hydrogen) atoms. The average Bonchev–Trinajstić information content (AvgIpc) is 3.04. The van der Waals surface area contributed by atoms with E-state index in [0.717, 1.165) is 26.3 Å². The van der Waals surface area contributed by atoms with Gasteiger partial charge in [0.1, 0.15) is 0 Å². The van der Waals surface area contributed by atoms with E-state index in [2.05, 4.69) is 4.98 Å². The largest absolute Gasteiger partial charge is 0.315 e. The molecule has 0 saturated heterocycles. The predicted octanol–water partition coefficient (Wildman–Crippen LogP) is 4.23. The third kappa shape index (κ3) is 3.36. The normalized spacial score (nSPS) is 10.8. The number of pyridine rings is 1. The van der Waals surface area contributed by atoms with Gasteiger partial charge in [0, 0.05) is 36.3 Å². The van der Waals surface area contributed by atoms with Gasteiger partial charge in [0.25, 0.3) is 0 Å². The molecule has 0 fully saturated rings. The Morgan fingerprint density at radius 2 is 1.92 bits per heavy atom. The number of amides is 1. The molecule has 0 radical (unpaired) electrons. The fraction of sp³-hybridized carbons (Fsp3) is 0.211.